The minimum Gasteiger partial charge on any atom is -0.384 e. The van der Waals surface area contributed by atoms with Crippen molar-refractivity contribution in [1.82, 2.24) is 10.3 Å². The highest BCUT2D eigenvalue weighted by molar-refractivity contribution is 7.99. The second-order valence-corrected chi connectivity index (χ2v) is 5.52. The lowest BCUT2D eigenvalue weighted by Gasteiger charge is -2.06. The Morgan fingerprint density at radius 2 is 1.95 bits per heavy atom. The van der Waals surface area contributed by atoms with Crippen molar-refractivity contribution in [3.8, 4) is 0 Å². The molecule has 0 atom stereocenters. The van der Waals surface area contributed by atoms with Crippen LogP contribution in [0.1, 0.15) is 6.42 Å². The molecule has 1 N–H and O–H groups in total. The monoisotopic (exact) mass is 286 g/mol. The number of rotatable bonds is 9. The van der Waals surface area contributed by atoms with E-state index in [1.807, 2.05) is 36.2 Å². The van der Waals surface area contributed by atoms with Gasteiger partial charge in [0.25, 0.3) is 0 Å². The largest absolute Gasteiger partial charge is 0.384 e. The van der Waals surface area contributed by atoms with Crippen LogP contribution in [0.25, 0.3) is 0 Å². The lowest BCUT2D eigenvalue weighted by molar-refractivity contribution is 0.679. The number of nitrogens with zero attached hydrogens (tertiary/aromatic N) is 2. The normalized spacial score (nSPS) is 10.4. The van der Waals surface area contributed by atoms with E-state index in [1.165, 1.54) is 4.90 Å². The number of pyridine rings is 1. The van der Waals surface area contributed by atoms with Crippen molar-refractivity contribution in [3.05, 3.63) is 54.9 Å². The maximum absolute atomic E-state index is 4.54. The van der Waals surface area contributed by atoms with Crippen LogP contribution >= 0.6 is 11.8 Å². The van der Waals surface area contributed by atoms with Crippen molar-refractivity contribution in [3.63, 3.8) is 0 Å². The summed E-state index contributed by atoms with van der Waals surface area (Å²) in [5.74, 6) is 1.06. The number of hydrogen-bond donors (Lipinski definition) is 1. The number of benzene rings is 1. The van der Waals surface area contributed by atoms with Crippen molar-refractivity contribution in [2.45, 2.75) is 11.3 Å². The van der Waals surface area contributed by atoms with Gasteiger partial charge in [-0.1, -0.05) is 18.2 Å². The lowest BCUT2D eigenvalue weighted by Crippen LogP contribution is -2.14. The van der Waals surface area contributed by atoms with Gasteiger partial charge in [-0.05, 0) is 30.7 Å². The zero-order chi connectivity index (χ0) is 13.9. The van der Waals surface area contributed by atoms with E-state index >= 15 is 0 Å². The van der Waals surface area contributed by atoms with Gasteiger partial charge in [-0.15, -0.1) is 11.8 Å². The third-order valence-electron chi connectivity index (χ3n) is 2.75. The van der Waals surface area contributed by atoms with Crippen LogP contribution in [0, 0.1) is 0 Å². The van der Waals surface area contributed by atoms with Crippen LogP contribution in [0.4, 0.5) is 5.69 Å². The Bertz CT molecular complexity index is 416. The summed E-state index contributed by atoms with van der Waals surface area (Å²) in [5, 5.41) is 7.87. The van der Waals surface area contributed by atoms with Gasteiger partial charge in [0.05, 0.1) is 5.69 Å². The molecule has 0 aliphatic heterocycles. The molecule has 0 spiro atoms. The Labute approximate surface area is 125 Å². The molecule has 20 heavy (non-hydrogen) atoms. The van der Waals surface area contributed by atoms with Gasteiger partial charge in [-0.25, -0.2) is 5.32 Å². The number of thioether (sulfide) groups is 1. The summed E-state index contributed by atoms with van der Waals surface area (Å²) >= 11 is 1.86. The maximum atomic E-state index is 4.54. The summed E-state index contributed by atoms with van der Waals surface area (Å²) in [4.78, 5) is 5.38. The second-order valence-electron chi connectivity index (χ2n) is 4.35. The first-order valence-electron chi connectivity index (χ1n) is 6.90. The van der Waals surface area contributed by atoms with Crippen LogP contribution in [0.3, 0.4) is 0 Å². The van der Waals surface area contributed by atoms with E-state index in [2.05, 4.69) is 39.9 Å². The van der Waals surface area contributed by atoms with Gasteiger partial charge in [0.2, 0.25) is 0 Å². The van der Waals surface area contributed by atoms with E-state index in [9.17, 15) is 0 Å². The Morgan fingerprint density at radius 1 is 1.05 bits per heavy atom. The Kier molecular flexibility index (Phi) is 6.99. The van der Waals surface area contributed by atoms with Crippen molar-refractivity contribution in [2.24, 2.45) is 0 Å². The van der Waals surface area contributed by atoms with Crippen molar-refractivity contribution >= 4 is 17.4 Å². The Balaban J connectivity index is 1.44. The molecule has 1 aromatic heterocycles. The standard InChI is InChI=1S/C16H20N3S/c1-2-7-16(8-3-1)20-13-12-17-10-5-11-19-15-6-4-9-18-14-15/h1-4,6-9,14,19H,5,10-13H2. The van der Waals surface area contributed by atoms with E-state index in [1.54, 1.807) is 6.20 Å². The minimum atomic E-state index is 0.919. The van der Waals surface area contributed by atoms with E-state index in [-0.39, 0.29) is 0 Å². The fourth-order valence-electron chi connectivity index (χ4n) is 1.75. The van der Waals surface area contributed by atoms with Gasteiger partial charge in [-0.2, -0.15) is 0 Å². The van der Waals surface area contributed by atoms with Gasteiger partial charge in [0.1, 0.15) is 0 Å². The van der Waals surface area contributed by atoms with Crippen molar-refractivity contribution in [1.29, 1.82) is 0 Å². The maximum Gasteiger partial charge on any atom is 0.0526 e. The van der Waals surface area contributed by atoms with E-state index in [0.29, 0.717) is 0 Å². The smallest absolute Gasteiger partial charge is 0.0526 e. The summed E-state index contributed by atoms with van der Waals surface area (Å²) in [6.45, 7) is 2.79. The van der Waals surface area contributed by atoms with Crippen LogP contribution in [0.15, 0.2) is 59.8 Å². The first kappa shape index (κ1) is 14.9. The molecule has 0 fully saturated rings. The molecule has 0 amide bonds. The molecule has 3 nitrogen and oxygen atoms in total. The molecule has 1 aromatic carbocycles. The van der Waals surface area contributed by atoms with Gasteiger partial charge in [0, 0.05) is 42.7 Å². The zero-order valence-corrected chi connectivity index (χ0v) is 12.4. The number of aromatic nitrogens is 1. The average molecular weight is 286 g/mol. The molecular formula is C16H20N3S. The summed E-state index contributed by atoms with van der Waals surface area (Å²) in [7, 11) is 0. The Hall–Kier alpha value is -1.52. The van der Waals surface area contributed by atoms with E-state index in [0.717, 1.165) is 37.5 Å². The first-order chi connectivity index (χ1) is 9.95. The van der Waals surface area contributed by atoms with Gasteiger partial charge in [0.15, 0.2) is 0 Å². The van der Waals surface area contributed by atoms with E-state index in [4.69, 9.17) is 0 Å². The highest BCUT2D eigenvalue weighted by atomic mass is 32.2. The summed E-state index contributed by atoms with van der Waals surface area (Å²) in [5.41, 5.74) is 1.08. The molecule has 0 saturated heterocycles. The predicted molar refractivity (Wildman–Crippen MR) is 86.4 cm³/mol. The molecule has 0 saturated carbocycles. The quantitative estimate of drug-likeness (QED) is 0.568. The van der Waals surface area contributed by atoms with Gasteiger partial charge >= 0.3 is 0 Å². The topological polar surface area (TPSA) is 39.0 Å². The highest BCUT2D eigenvalue weighted by Gasteiger charge is 1.94. The Morgan fingerprint density at radius 3 is 2.75 bits per heavy atom. The highest BCUT2D eigenvalue weighted by Crippen LogP contribution is 2.15. The van der Waals surface area contributed by atoms with Crippen LogP contribution in [0.5, 0.6) is 0 Å². The van der Waals surface area contributed by atoms with Crippen LogP contribution in [0.2, 0.25) is 0 Å². The summed E-state index contributed by atoms with van der Waals surface area (Å²) < 4.78 is 0. The number of hydrogen-bond acceptors (Lipinski definition) is 3. The third-order valence-corrected chi connectivity index (χ3v) is 3.74. The van der Waals surface area contributed by atoms with Crippen molar-refractivity contribution in [2.75, 3.05) is 30.7 Å². The molecule has 0 bridgehead atoms. The molecule has 2 rings (SSSR count). The minimum absolute atomic E-state index is 0.919. The molecule has 2 aromatic rings. The fourth-order valence-corrected chi connectivity index (χ4v) is 2.55. The number of nitrogens with one attached hydrogen (secondary N) is 1. The SMILES string of the molecule is c1ccc(SCC[N]CCCNc2cccnc2)cc1. The molecule has 0 unspecified atom stereocenters. The van der Waals surface area contributed by atoms with Crippen LogP contribution in [-0.2, 0) is 0 Å². The third kappa shape index (κ3) is 6.08. The average Bonchev–Trinajstić information content (AvgIpc) is 2.52. The molecule has 1 heterocycles. The van der Waals surface area contributed by atoms with E-state index < -0.39 is 0 Å². The zero-order valence-electron chi connectivity index (χ0n) is 11.5. The molecule has 0 aliphatic carbocycles. The molecular weight excluding hydrogens is 266 g/mol. The predicted octanol–water partition coefficient (Wildman–Crippen LogP) is 3.28. The molecule has 1 radical (unpaired) electrons. The van der Waals surface area contributed by atoms with Crippen LogP contribution < -0.4 is 10.6 Å². The fraction of sp³-hybridized carbons (Fsp3) is 0.312. The second kappa shape index (κ2) is 9.39. The summed E-state index contributed by atoms with van der Waals surface area (Å²) in [6.07, 6.45) is 4.68. The van der Waals surface area contributed by atoms with Gasteiger partial charge < -0.3 is 5.32 Å². The molecule has 0 aliphatic rings. The lowest BCUT2D eigenvalue weighted by atomic mass is 10.3. The van der Waals surface area contributed by atoms with Crippen molar-refractivity contribution < 1.29 is 0 Å². The number of anilines is 1. The van der Waals surface area contributed by atoms with Crippen LogP contribution in [-0.4, -0.2) is 30.4 Å². The van der Waals surface area contributed by atoms with Gasteiger partial charge in [-0.3, -0.25) is 4.98 Å². The first-order valence-corrected chi connectivity index (χ1v) is 7.89. The molecule has 105 valence electrons. The summed E-state index contributed by atoms with van der Waals surface area (Å²) in [6, 6.07) is 14.4. The molecule has 4 heteroatoms.